The predicted octanol–water partition coefficient (Wildman–Crippen LogP) is -2.04. The molecule has 2 unspecified atom stereocenters. The van der Waals surface area contributed by atoms with Crippen molar-refractivity contribution in [2.45, 2.75) is 24.5 Å². The summed E-state index contributed by atoms with van der Waals surface area (Å²) in [6.07, 6.45) is -2.52. The van der Waals surface area contributed by atoms with Crippen molar-refractivity contribution in [1.29, 1.82) is 0 Å². The lowest BCUT2D eigenvalue weighted by Gasteiger charge is -2.32. The fourth-order valence-corrected chi connectivity index (χ4v) is 2.33. The van der Waals surface area contributed by atoms with Gasteiger partial charge in [0.1, 0.15) is 24.1 Å². The number of ether oxygens (including phenoxy) is 1. The van der Waals surface area contributed by atoms with E-state index in [1.54, 1.807) is 0 Å². The van der Waals surface area contributed by atoms with E-state index < -0.39 is 44.9 Å². The van der Waals surface area contributed by atoms with Crippen LogP contribution in [0.3, 0.4) is 0 Å². The summed E-state index contributed by atoms with van der Waals surface area (Å²) in [6.45, 7) is 2.97. The van der Waals surface area contributed by atoms with Gasteiger partial charge in [-0.15, -0.1) is 0 Å². The van der Waals surface area contributed by atoms with Gasteiger partial charge in [-0.05, 0) is 0 Å². The average Bonchev–Trinajstić information content (AvgIpc) is 2.64. The largest absolute Gasteiger partial charge is 0.469 e. The van der Waals surface area contributed by atoms with Gasteiger partial charge in [-0.2, -0.15) is 0 Å². The first-order chi connectivity index (χ1) is 9.69. The summed E-state index contributed by atoms with van der Waals surface area (Å²) in [5, 5.41) is 22.1. The van der Waals surface area contributed by atoms with Crippen LogP contribution in [0.5, 0.6) is 0 Å². The molecule has 118 valence electrons. The molecule has 0 saturated carbocycles. The Morgan fingerprint density at radius 1 is 1.43 bits per heavy atom. The van der Waals surface area contributed by atoms with Crippen LogP contribution in [0, 0.1) is 0 Å². The number of phosphoric ester groups is 1. The summed E-state index contributed by atoms with van der Waals surface area (Å²) < 4.78 is 20.2. The molecule has 0 aromatic rings. The first-order valence-electron chi connectivity index (χ1n) is 5.87. The summed E-state index contributed by atoms with van der Waals surface area (Å²) >= 11 is 0. The highest BCUT2D eigenvalue weighted by atomic mass is 31.2. The minimum Gasteiger partial charge on any atom is -0.387 e. The highest BCUT2D eigenvalue weighted by Crippen LogP contribution is 2.37. The number of aliphatic hydroxyl groups is 2. The Balaban J connectivity index is 2.06. The predicted molar refractivity (Wildman–Crippen MR) is 66.9 cm³/mol. The third-order valence-electron chi connectivity index (χ3n) is 2.98. The topological polar surface area (TPSA) is 149 Å². The maximum Gasteiger partial charge on any atom is 0.469 e. The van der Waals surface area contributed by atoms with Crippen molar-refractivity contribution < 1.29 is 38.6 Å². The molecule has 1 fully saturated rings. The molecular formula is C10H15N2O8P. The molecule has 0 spiro atoms. The van der Waals surface area contributed by atoms with Crippen molar-refractivity contribution in [3.8, 4) is 0 Å². The lowest BCUT2D eigenvalue weighted by Crippen LogP contribution is -2.46. The van der Waals surface area contributed by atoms with Crippen LogP contribution >= 0.6 is 7.82 Å². The molecule has 2 rings (SSSR count). The lowest BCUT2D eigenvalue weighted by atomic mass is 10.1. The van der Waals surface area contributed by atoms with Gasteiger partial charge in [0.15, 0.2) is 6.23 Å². The fourth-order valence-electron chi connectivity index (χ4n) is 1.99. The zero-order chi connectivity index (χ0) is 15.8. The summed E-state index contributed by atoms with van der Waals surface area (Å²) in [6, 6.07) is 0. The first-order valence-corrected chi connectivity index (χ1v) is 7.40. The Morgan fingerprint density at radius 2 is 2.10 bits per heavy atom. The molecule has 10 nitrogen and oxygen atoms in total. The van der Waals surface area contributed by atoms with Crippen LogP contribution in [0.2, 0.25) is 0 Å². The molecule has 0 aromatic heterocycles. The van der Waals surface area contributed by atoms with Crippen LogP contribution in [-0.2, 0) is 18.6 Å². The fraction of sp³-hybridized carbons (Fsp3) is 0.500. The molecule has 4 atom stereocenters. The van der Waals surface area contributed by atoms with Gasteiger partial charge >= 0.3 is 7.82 Å². The van der Waals surface area contributed by atoms with E-state index >= 15 is 0 Å². The zero-order valence-electron chi connectivity index (χ0n) is 10.7. The minimum atomic E-state index is -4.71. The SMILES string of the molecule is C=C1NC(=O)C=CN1C1O[C@H](COP(=O)(O)O)[C@@H](O)C1O. The smallest absolute Gasteiger partial charge is 0.387 e. The Hall–Kier alpha value is -1.26. The molecule has 5 N–H and O–H groups in total. The number of carbonyl (C=O) groups excluding carboxylic acids is 1. The number of nitrogens with one attached hydrogen (secondary N) is 1. The van der Waals surface area contributed by atoms with E-state index in [-0.39, 0.29) is 5.82 Å². The number of aliphatic hydroxyl groups excluding tert-OH is 2. The second kappa shape index (κ2) is 5.85. The maximum atomic E-state index is 11.1. The molecule has 2 aliphatic rings. The second-order valence-electron chi connectivity index (χ2n) is 4.49. The Kier molecular flexibility index (Phi) is 4.49. The van der Waals surface area contributed by atoms with Crippen molar-refractivity contribution in [3.63, 3.8) is 0 Å². The number of nitrogens with zero attached hydrogens (tertiary/aromatic N) is 1. The summed E-state index contributed by atoms with van der Waals surface area (Å²) in [4.78, 5) is 29.6. The summed E-state index contributed by atoms with van der Waals surface area (Å²) in [5.74, 6) is -0.263. The first kappa shape index (κ1) is 16.1. The normalized spacial score (nSPS) is 33.4. The third kappa shape index (κ3) is 3.69. The Bertz CT molecular complexity index is 517. The summed E-state index contributed by atoms with van der Waals surface area (Å²) in [5.41, 5.74) is 0. The number of amides is 1. The number of carbonyl (C=O) groups is 1. The van der Waals surface area contributed by atoms with Crippen LogP contribution in [0.4, 0.5) is 0 Å². The number of hydrogen-bond acceptors (Lipinski definition) is 7. The van der Waals surface area contributed by atoms with Crippen molar-refractivity contribution in [2.75, 3.05) is 6.61 Å². The second-order valence-corrected chi connectivity index (χ2v) is 5.73. The van der Waals surface area contributed by atoms with Gasteiger partial charge in [0.05, 0.1) is 6.61 Å². The number of phosphoric acid groups is 1. The number of rotatable bonds is 4. The van der Waals surface area contributed by atoms with Crippen molar-refractivity contribution in [1.82, 2.24) is 10.2 Å². The van der Waals surface area contributed by atoms with Gasteiger partial charge in [-0.25, -0.2) is 4.57 Å². The molecule has 21 heavy (non-hydrogen) atoms. The summed E-state index contributed by atoms with van der Waals surface area (Å²) in [7, 11) is -4.71. The Morgan fingerprint density at radius 3 is 2.67 bits per heavy atom. The van der Waals surface area contributed by atoms with Crippen molar-refractivity contribution >= 4 is 13.7 Å². The molecule has 2 heterocycles. The minimum absolute atomic E-state index is 0.135. The van der Waals surface area contributed by atoms with Gasteiger partial charge in [0.2, 0.25) is 0 Å². The van der Waals surface area contributed by atoms with E-state index in [2.05, 4.69) is 16.4 Å². The van der Waals surface area contributed by atoms with Gasteiger partial charge in [0.25, 0.3) is 5.91 Å². The van der Waals surface area contributed by atoms with Gasteiger partial charge in [0, 0.05) is 12.3 Å². The molecule has 1 saturated heterocycles. The zero-order valence-corrected chi connectivity index (χ0v) is 11.6. The molecule has 1 amide bonds. The Labute approximate surface area is 119 Å². The van der Waals surface area contributed by atoms with Crippen LogP contribution in [0.25, 0.3) is 0 Å². The molecule has 11 heteroatoms. The van der Waals surface area contributed by atoms with Crippen LogP contribution in [0.15, 0.2) is 24.7 Å². The molecular weight excluding hydrogens is 307 g/mol. The highest BCUT2D eigenvalue weighted by molar-refractivity contribution is 7.46. The average molecular weight is 322 g/mol. The van der Waals surface area contributed by atoms with Crippen molar-refractivity contribution in [3.05, 3.63) is 24.7 Å². The van der Waals surface area contributed by atoms with E-state index in [4.69, 9.17) is 14.5 Å². The van der Waals surface area contributed by atoms with Gasteiger partial charge in [-0.1, -0.05) is 6.58 Å². The van der Waals surface area contributed by atoms with E-state index in [9.17, 15) is 19.6 Å². The van der Waals surface area contributed by atoms with Crippen LogP contribution in [-0.4, -0.2) is 62.0 Å². The molecule has 0 radical (unpaired) electrons. The van der Waals surface area contributed by atoms with Crippen LogP contribution < -0.4 is 5.32 Å². The lowest BCUT2D eigenvalue weighted by molar-refractivity contribution is -0.118. The van der Waals surface area contributed by atoms with E-state index in [0.717, 1.165) is 0 Å². The highest BCUT2D eigenvalue weighted by Gasteiger charge is 2.46. The standard InChI is InChI=1S/C10H15N2O8P/c1-5-11-7(13)2-3-12(5)10-9(15)8(14)6(20-10)4-19-21(16,17)18/h2-3,6,8-10,14-15H,1,4H2,(H,11,13)(H2,16,17,18)/t6-,8-,9?,10?/m1/s1. The number of hydrogen-bond donors (Lipinski definition) is 5. The van der Waals surface area contributed by atoms with Crippen molar-refractivity contribution in [2.24, 2.45) is 0 Å². The monoisotopic (exact) mass is 322 g/mol. The quantitative estimate of drug-likeness (QED) is 0.369. The molecule has 0 aliphatic carbocycles. The molecule has 2 aliphatic heterocycles. The van der Waals surface area contributed by atoms with E-state index in [1.165, 1.54) is 17.2 Å². The van der Waals surface area contributed by atoms with Gasteiger partial charge in [-0.3, -0.25) is 9.32 Å². The van der Waals surface area contributed by atoms with Gasteiger partial charge < -0.3 is 35.0 Å². The molecule has 0 aromatic carbocycles. The third-order valence-corrected chi connectivity index (χ3v) is 3.47. The van der Waals surface area contributed by atoms with Crippen LogP contribution in [0.1, 0.15) is 0 Å². The van der Waals surface area contributed by atoms with E-state index in [1.807, 2.05) is 0 Å². The maximum absolute atomic E-state index is 11.1. The van der Waals surface area contributed by atoms with E-state index in [0.29, 0.717) is 0 Å². The molecule has 0 bridgehead atoms.